The zero-order valence-corrected chi connectivity index (χ0v) is 15.6. The van der Waals surface area contributed by atoms with Crippen LogP contribution in [0.15, 0.2) is 48.0 Å². The monoisotopic (exact) mass is 370 g/mol. The third-order valence-corrected chi connectivity index (χ3v) is 4.64. The summed E-state index contributed by atoms with van der Waals surface area (Å²) in [5.41, 5.74) is 4.34. The van der Waals surface area contributed by atoms with Gasteiger partial charge in [-0.05, 0) is 42.8 Å². The Labute approximate surface area is 157 Å². The molecule has 0 aliphatic carbocycles. The lowest BCUT2D eigenvalue weighted by molar-refractivity contribution is 0.0951. The second-order valence-electron chi connectivity index (χ2n) is 5.76. The average molecular weight is 370 g/mol. The highest BCUT2D eigenvalue weighted by Gasteiger charge is 2.07. The molecule has 2 aromatic carbocycles. The highest BCUT2D eigenvalue weighted by atomic mass is 32.1. The van der Waals surface area contributed by atoms with Crippen molar-refractivity contribution in [3.8, 4) is 5.75 Å². The van der Waals surface area contributed by atoms with Gasteiger partial charge in [-0.1, -0.05) is 12.1 Å². The second-order valence-corrected chi connectivity index (χ2v) is 6.65. The molecule has 1 heterocycles. The molecule has 0 unspecified atom stereocenters. The lowest BCUT2D eigenvalue weighted by Crippen LogP contribution is -2.22. The first-order chi connectivity index (χ1) is 12.8. The van der Waals surface area contributed by atoms with Crippen LogP contribution in [0.2, 0.25) is 0 Å². The van der Waals surface area contributed by atoms with Crippen molar-refractivity contribution >= 4 is 27.5 Å². The number of rotatable bonds is 9. The van der Waals surface area contributed by atoms with Crippen LogP contribution in [0.25, 0.3) is 10.2 Å². The molecule has 0 aliphatic rings. The lowest BCUT2D eigenvalue weighted by Gasteiger charge is -2.09. The Morgan fingerprint density at radius 2 is 2.12 bits per heavy atom. The zero-order valence-electron chi connectivity index (χ0n) is 14.7. The third-order valence-electron chi connectivity index (χ3n) is 3.85. The lowest BCUT2D eigenvalue weighted by atomic mass is 10.2. The van der Waals surface area contributed by atoms with Crippen molar-refractivity contribution < 1.29 is 14.3 Å². The molecular weight excluding hydrogens is 348 g/mol. The van der Waals surface area contributed by atoms with Crippen LogP contribution in [0.1, 0.15) is 29.3 Å². The summed E-state index contributed by atoms with van der Waals surface area (Å²) >= 11 is 1.53. The van der Waals surface area contributed by atoms with Crippen LogP contribution in [-0.4, -0.2) is 30.7 Å². The molecular formula is C20H22N2O3S. The van der Waals surface area contributed by atoms with Crippen LogP contribution in [0.4, 0.5) is 0 Å². The topological polar surface area (TPSA) is 60.5 Å². The number of hydrogen-bond donors (Lipinski definition) is 1. The molecule has 0 radical (unpaired) electrons. The van der Waals surface area contributed by atoms with Crippen LogP contribution >= 0.6 is 11.3 Å². The number of nitrogens with zero attached hydrogens (tertiary/aromatic N) is 1. The Morgan fingerprint density at radius 3 is 3.00 bits per heavy atom. The fourth-order valence-corrected chi connectivity index (χ4v) is 3.24. The Hall–Kier alpha value is -2.44. The van der Waals surface area contributed by atoms with E-state index in [0.717, 1.165) is 34.6 Å². The summed E-state index contributed by atoms with van der Waals surface area (Å²) in [5.74, 6) is 0.711. The molecule has 1 amide bonds. The van der Waals surface area contributed by atoms with E-state index in [9.17, 15) is 4.79 Å². The van der Waals surface area contributed by atoms with Gasteiger partial charge < -0.3 is 14.8 Å². The molecule has 0 spiro atoms. The zero-order chi connectivity index (χ0) is 18.2. The minimum atomic E-state index is -0.0941. The van der Waals surface area contributed by atoms with Crippen molar-refractivity contribution in [1.82, 2.24) is 10.3 Å². The average Bonchev–Trinajstić information content (AvgIpc) is 3.14. The van der Waals surface area contributed by atoms with Crippen molar-refractivity contribution in [2.45, 2.75) is 19.9 Å². The van der Waals surface area contributed by atoms with E-state index < -0.39 is 0 Å². The Balaban J connectivity index is 1.52. The molecule has 1 aromatic heterocycles. The smallest absolute Gasteiger partial charge is 0.251 e. The highest BCUT2D eigenvalue weighted by molar-refractivity contribution is 7.16. The van der Waals surface area contributed by atoms with Gasteiger partial charge in [0.2, 0.25) is 0 Å². The third kappa shape index (κ3) is 5.03. The maximum Gasteiger partial charge on any atom is 0.251 e. The molecule has 5 nitrogen and oxygen atoms in total. The fraction of sp³-hybridized carbons (Fsp3) is 0.300. The minimum absolute atomic E-state index is 0.0941. The second kappa shape index (κ2) is 9.31. The molecule has 26 heavy (non-hydrogen) atoms. The molecule has 0 saturated heterocycles. The van der Waals surface area contributed by atoms with Crippen molar-refractivity contribution in [1.29, 1.82) is 0 Å². The summed E-state index contributed by atoms with van der Waals surface area (Å²) in [5, 5.41) is 2.95. The van der Waals surface area contributed by atoms with Crippen molar-refractivity contribution in [2.75, 3.05) is 19.8 Å². The number of nitrogens with one attached hydrogen (secondary N) is 1. The summed E-state index contributed by atoms with van der Waals surface area (Å²) in [4.78, 5) is 16.6. The summed E-state index contributed by atoms with van der Waals surface area (Å²) in [6.45, 7) is 4.48. The van der Waals surface area contributed by atoms with E-state index in [1.165, 1.54) is 11.3 Å². The van der Waals surface area contributed by atoms with Gasteiger partial charge in [-0.15, -0.1) is 11.3 Å². The summed E-state index contributed by atoms with van der Waals surface area (Å²) in [7, 11) is 0. The van der Waals surface area contributed by atoms with E-state index in [4.69, 9.17) is 9.47 Å². The Kier molecular flexibility index (Phi) is 6.57. The molecule has 0 bridgehead atoms. The molecule has 0 atom stereocenters. The summed E-state index contributed by atoms with van der Waals surface area (Å²) < 4.78 is 12.0. The molecule has 136 valence electrons. The number of thiazole rings is 1. The maximum absolute atomic E-state index is 12.4. The first-order valence-corrected chi connectivity index (χ1v) is 9.55. The van der Waals surface area contributed by atoms with Crippen molar-refractivity contribution in [2.24, 2.45) is 0 Å². The number of aromatic nitrogens is 1. The highest BCUT2D eigenvalue weighted by Crippen LogP contribution is 2.19. The van der Waals surface area contributed by atoms with Gasteiger partial charge in [0, 0.05) is 31.7 Å². The van der Waals surface area contributed by atoms with E-state index in [2.05, 4.69) is 10.3 Å². The SMILES string of the molecule is CCOCCCOc1cccc(CNC(=O)c2ccc3ncsc3c2)c1. The van der Waals surface area contributed by atoms with Crippen molar-refractivity contribution in [3.05, 3.63) is 59.1 Å². The standard InChI is InChI=1S/C20H22N2O3S/c1-2-24-9-4-10-25-17-6-3-5-15(11-17)13-21-20(23)16-7-8-18-19(12-16)26-14-22-18/h3,5-8,11-12,14H,2,4,9-10,13H2,1H3,(H,21,23). The summed E-state index contributed by atoms with van der Waals surface area (Å²) in [6.07, 6.45) is 0.856. The minimum Gasteiger partial charge on any atom is -0.493 e. The number of hydrogen-bond acceptors (Lipinski definition) is 5. The van der Waals surface area contributed by atoms with Gasteiger partial charge >= 0.3 is 0 Å². The van der Waals surface area contributed by atoms with Gasteiger partial charge in [0.15, 0.2) is 0 Å². The molecule has 6 heteroatoms. The number of benzene rings is 2. The predicted molar refractivity (Wildman–Crippen MR) is 104 cm³/mol. The number of carbonyl (C=O) groups excluding carboxylic acids is 1. The number of carbonyl (C=O) groups is 1. The Morgan fingerprint density at radius 1 is 1.19 bits per heavy atom. The van der Waals surface area contributed by atoms with Crippen LogP contribution < -0.4 is 10.1 Å². The van der Waals surface area contributed by atoms with E-state index in [-0.39, 0.29) is 5.91 Å². The molecule has 0 saturated carbocycles. The predicted octanol–water partition coefficient (Wildman–Crippen LogP) is 4.03. The Bertz CT molecular complexity index is 863. The normalized spacial score (nSPS) is 10.8. The van der Waals surface area contributed by atoms with Gasteiger partial charge in [0.1, 0.15) is 5.75 Å². The van der Waals surface area contributed by atoms with Crippen LogP contribution in [-0.2, 0) is 11.3 Å². The number of amides is 1. The van der Waals surface area contributed by atoms with Crippen LogP contribution in [0, 0.1) is 0 Å². The van der Waals surface area contributed by atoms with Gasteiger partial charge in [-0.2, -0.15) is 0 Å². The van der Waals surface area contributed by atoms with E-state index in [1.54, 1.807) is 11.6 Å². The van der Waals surface area contributed by atoms with Gasteiger partial charge in [-0.3, -0.25) is 4.79 Å². The number of ether oxygens (including phenoxy) is 2. The van der Waals surface area contributed by atoms with Crippen LogP contribution in [0.3, 0.4) is 0 Å². The van der Waals surface area contributed by atoms with E-state index >= 15 is 0 Å². The van der Waals surface area contributed by atoms with Crippen LogP contribution in [0.5, 0.6) is 5.75 Å². The molecule has 0 fully saturated rings. The van der Waals surface area contributed by atoms with Gasteiger partial charge in [-0.25, -0.2) is 4.98 Å². The van der Waals surface area contributed by atoms with E-state index in [0.29, 0.717) is 25.3 Å². The maximum atomic E-state index is 12.4. The van der Waals surface area contributed by atoms with E-state index in [1.807, 2.05) is 43.3 Å². The first-order valence-electron chi connectivity index (χ1n) is 8.67. The molecule has 0 aliphatic heterocycles. The number of fused-ring (bicyclic) bond motifs is 1. The first kappa shape index (κ1) is 18.4. The van der Waals surface area contributed by atoms with Gasteiger partial charge in [0.05, 0.1) is 22.3 Å². The molecule has 3 aromatic rings. The molecule has 1 N–H and O–H groups in total. The summed E-state index contributed by atoms with van der Waals surface area (Å²) in [6, 6.07) is 13.3. The fourth-order valence-electron chi connectivity index (χ4n) is 2.52. The molecule has 3 rings (SSSR count). The largest absolute Gasteiger partial charge is 0.493 e. The quantitative estimate of drug-likeness (QED) is 0.578. The van der Waals surface area contributed by atoms with Crippen molar-refractivity contribution in [3.63, 3.8) is 0 Å². The van der Waals surface area contributed by atoms with Gasteiger partial charge in [0.25, 0.3) is 5.91 Å².